The van der Waals surface area contributed by atoms with Gasteiger partial charge in [-0.1, -0.05) is 12.1 Å². The molecule has 3 heterocycles. The number of fused-ring (bicyclic) bond motifs is 1. The standard InChI is InChI=1S/C22H29BrN4O/c1-28-22-7-3-2-6-21(22)25-16-14-24(15-17-25)11-4-5-12-26-13-10-20-9-8-19(23)18-27(20)26/h2-3,6-10,18H,4-5,11-17H2,1H3. The largest absolute Gasteiger partial charge is 0.495 e. The van der Waals surface area contributed by atoms with Crippen molar-refractivity contribution in [1.82, 2.24) is 14.9 Å². The molecule has 0 amide bonds. The molecule has 1 aromatic carbocycles. The van der Waals surface area contributed by atoms with E-state index in [1.165, 1.54) is 30.8 Å². The van der Waals surface area contributed by atoms with Crippen molar-refractivity contribution in [3.05, 3.63) is 58.9 Å². The molecule has 3 aliphatic rings. The molecule has 6 heteroatoms. The highest BCUT2D eigenvalue weighted by Crippen LogP contribution is 2.29. The number of allylic oxidation sites excluding steroid dienone is 3. The van der Waals surface area contributed by atoms with Crippen molar-refractivity contribution in [1.29, 1.82) is 0 Å². The highest BCUT2D eigenvalue weighted by molar-refractivity contribution is 9.11. The number of halogens is 1. The maximum Gasteiger partial charge on any atom is 0.142 e. The Morgan fingerprint density at radius 1 is 1.00 bits per heavy atom. The van der Waals surface area contributed by atoms with E-state index in [2.05, 4.69) is 72.3 Å². The third-order valence-corrected chi connectivity index (χ3v) is 6.15. The normalized spacial score (nSPS) is 20.2. The summed E-state index contributed by atoms with van der Waals surface area (Å²) < 4.78 is 6.65. The lowest BCUT2D eigenvalue weighted by atomic mass is 10.2. The maximum atomic E-state index is 5.52. The van der Waals surface area contributed by atoms with Gasteiger partial charge in [0.1, 0.15) is 5.75 Å². The summed E-state index contributed by atoms with van der Waals surface area (Å²) in [7, 11) is 1.75. The molecular weight excluding hydrogens is 416 g/mol. The van der Waals surface area contributed by atoms with Gasteiger partial charge in [0.15, 0.2) is 0 Å². The average molecular weight is 445 g/mol. The van der Waals surface area contributed by atoms with Gasteiger partial charge >= 0.3 is 0 Å². The molecule has 0 unspecified atom stereocenters. The van der Waals surface area contributed by atoms with Gasteiger partial charge in [0.25, 0.3) is 0 Å². The lowest BCUT2D eigenvalue weighted by Crippen LogP contribution is -2.46. The van der Waals surface area contributed by atoms with Gasteiger partial charge in [0.2, 0.25) is 0 Å². The lowest BCUT2D eigenvalue weighted by molar-refractivity contribution is 0.0895. The van der Waals surface area contributed by atoms with Crippen molar-refractivity contribution in [3.8, 4) is 5.75 Å². The number of piperazine rings is 1. The molecule has 5 nitrogen and oxygen atoms in total. The van der Waals surface area contributed by atoms with Crippen LogP contribution in [-0.4, -0.2) is 67.8 Å². The fraction of sp³-hybridized carbons (Fsp3) is 0.455. The van der Waals surface area contributed by atoms with E-state index in [0.29, 0.717) is 0 Å². The summed E-state index contributed by atoms with van der Waals surface area (Å²) >= 11 is 3.58. The van der Waals surface area contributed by atoms with Crippen LogP contribution in [0.25, 0.3) is 0 Å². The smallest absolute Gasteiger partial charge is 0.142 e. The molecule has 0 atom stereocenters. The minimum atomic E-state index is 0.975. The first-order valence-corrected chi connectivity index (χ1v) is 10.9. The van der Waals surface area contributed by atoms with Crippen molar-refractivity contribution in [2.24, 2.45) is 0 Å². The molecule has 0 bridgehead atoms. The van der Waals surface area contributed by atoms with Crippen LogP contribution in [0, 0.1) is 0 Å². The monoisotopic (exact) mass is 444 g/mol. The molecule has 0 N–H and O–H groups in total. The van der Waals surface area contributed by atoms with E-state index in [1.807, 2.05) is 12.1 Å². The van der Waals surface area contributed by atoms with E-state index < -0.39 is 0 Å². The summed E-state index contributed by atoms with van der Waals surface area (Å²) in [4.78, 5) is 5.04. The van der Waals surface area contributed by atoms with Crippen LogP contribution < -0.4 is 9.64 Å². The highest BCUT2D eigenvalue weighted by atomic mass is 79.9. The van der Waals surface area contributed by atoms with Crippen molar-refractivity contribution in [2.45, 2.75) is 12.8 Å². The minimum absolute atomic E-state index is 0.975. The topological polar surface area (TPSA) is 22.2 Å². The number of para-hydroxylation sites is 2. The van der Waals surface area contributed by atoms with E-state index in [-0.39, 0.29) is 0 Å². The molecule has 4 rings (SSSR count). The lowest BCUT2D eigenvalue weighted by Gasteiger charge is -2.36. The molecule has 1 aromatic rings. The van der Waals surface area contributed by atoms with Gasteiger partial charge in [-0.2, -0.15) is 0 Å². The molecule has 0 saturated carbocycles. The molecule has 1 fully saturated rings. The summed E-state index contributed by atoms with van der Waals surface area (Å²) in [5.74, 6) is 0.975. The molecule has 150 valence electrons. The van der Waals surface area contributed by atoms with Gasteiger partial charge in [-0.05, 0) is 65.7 Å². The number of unbranched alkanes of at least 4 members (excludes halogenated alkanes) is 1. The Bertz CT molecular complexity index is 768. The van der Waals surface area contributed by atoms with Crippen LogP contribution in [0.5, 0.6) is 5.75 Å². The molecule has 1 saturated heterocycles. The van der Waals surface area contributed by atoms with E-state index in [1.54, 1.807) is 7.11 Å². The van der Waals surface area contributed by atoms with Gasteiger partial charge in [-0.15, -0.1) is 0 Å². The number of rotatable bonds is 7. The molecule has 0 aromatic heterocycles. The van der Waals surface area contributed by atoms with Crippen molar-refractivity contribution in [3.63, 3.8) is 0 Å². The van der Waals surface area contributed by atoms with Gasteiger partial charge in [-0.25, -0.2) is 5.01 Å². The summed E-state index contributed by atoms with van der Waals surface area (Å²) in [5.41, 5.74) is 2.51. The molecule has 0 aliphatic carbocycles. The Kier molecular flexibility index (Phi) is 6.40. The Balaban J connectivity index is 1.17. The first kappa shape index (κ1) is 19.6. The number of ether oxygens (including phenoxy) is 1. The summed E-state index contributed by atoms with van der Waals surface area (Å²) in [5, 5.41) is 4.69. The van der Waals surface area contributed by atoms with E-state index in [9.17, 15) is 0 Å². The summed E-state index contributed by atoms with van der Waals surface area (Å²) in [6, 6.07) is 8.34. The molecule has 0 spiro atoms. The first-order valence-electron chi connectivity index (χ1n) is 10.1. The number of hydrogen-bond donors (Lipinski definition) is 0. The third-order valence-electron chi connectivity index (χ3n) is 5.68. The number of benzene rings is 1. The number of nitrogens with zero attached hydrogens (tertiary/aromatic N) is 4. The van der Waals surface area contributed by atoms with Crippen LogP contribution in [0.1, 0.15) is 12.8 Å². The van der Waals surface area contributed by atoms with Crippen LogP contribution in [0.2, 0.25) is 0 Å². The second kappa shape index (κ2) is 9.16. The Morgan fingerprint density at radius 2 is 1.79 bits per heavy atom. The Hall–Kier alpha value is -1.76. The number of hydrazine groups is 1. The Labute approximate surface area is 176 Å². The van der Waals surface area contributed by atoms with E-state index >= 15 is 0 Å². The SMILES string of the molecule is COc1ccccc1N1CCN(CCCCN2CC=C3C=CC(Br)=CN32)CC1. The zero-order chi connectivity index (χ0) is 19.3. The Morgan fingerprint density at radius 3 is 2.61 bits per heavy atom. The van der Waals surface area contributed by atoms with Crippen molar-refractivity contribution < 1.29 is 4.74 Å². The second-order valence-electron chi connectivity index (χ2n) is 7.44. The highest BCUT2D eigenvalue weighted by Gasteiger charge is 2.23. The molecule has 3 aliphatic heterocycles. The van der Waals surface area contributed by atoms with Crippen molar-refractivity contribution >= 4 is 21.6 Å². The third kappa shape index (κ3) is 4.45. The van der Waals surface area contributed by atoms with Crippen LogP contribution in [-0.2, 0) is 0 Å². The summed E-state index contributed by atoms with van der Waals surface area (Å²) in [6.07, 6.45) is 11.2. The number of hydrogen-bond acceptors (Lipinski definition) is 5. The number of anilines is 1. The zero-order valence-corrected chi connectivity index (χ0v) is 18.1. The zero-order valence-electron chi connectivity index (χ0n) is 16.6. The second-order valence-corrected chi connectivity index (χ2v) is 8.36. The van der Waals surface area contributed by atoms with Crippen LogP contribution in [0.4, 0.5) is 5.69 Å². The van der Waals surface area contributed by atoms with E-state index in [0.717, 1.165) is 49.5 Å². The molecule has 28 heavy (non-hydrogen) atoms. The predicted octanol–water partition coefficient (Wildman–Crippen LogP) is 3.82. The van der Waals surface area contributed by atoms with Crippen LogP contribution in [0.15, 0.2) is 58.9 Å². The fourth-order valence-electron chi connectivity index (χ4n) is 4.10. The minimum Gasteiger partial charge on any atom is -0.495 e. The van der Waals surface area contributed by atoms with Gasteiger partial charge < -0.3 is 9.64 Å². The average Bonchev–Trinajstić information content (AvgIpc) is 3.13. The number of methoxy groups -OCH3 is 1. The van der Waals surface area contributed by atoms with Crippen molar-refractivity contribution in [2.75, 3.05) is 57.8 Å². The van der Waals surface area contributed by atoms with Gasteiger partial charge in [0.05, 0.1) is 18.5 Å². The maximum absolute atomic E-state index is 5.52. The molecule has 0 radical (unpaired) electrons. The van der Waals surface area contributed by atoms with Gasteiger partial charge in [-0.3, -0.25) is 9.91 Å². The fourth-order valence-corrected chi connectivity index (χ4v) is 4.43. The van der Waals surface area contributed by atoms with E-state index in [4.69, 9.17) is 4.74 Å². The molecular formula is C22H29BrN4O. The van der Waals surface area contributed by atoms with Crippen LogP contribution in [0.3, 0.4) is 0 Å². The van der Waals surface area contributed by atoms with Gasteiger partial charge in [0, 0.05) is 50.0 Å². The van der Waals surface area contributed by atoms with Crippen LogP contribution >= 0.6 is 15.9 Å². The predicted molar refractivity (Wildman–Crippen MR) is 119 cm³/mol. The quantitative estimate of drug-likeness (QED) is 0.594. The first-order chi connectivity index (χ1) is 13.7. The summed E-state index contributed by atoms with van der Waals surface area (Å²) in [6.45, 7) is 7.69.